The molecule has 0 unspecified atom stereocenters. The lowest BCUT2D eigenvalue weighted by molar-refractivity contribution is -0.385. The van der Waals surface area contributed by atoms with Crippen LogP contribution in [-0.2, 0) is 14.3 Å². The molecule has 2 atom stereocenters. The fourth-order valence-electron chi connectivity index (χ4n) is 3.38. The van der Waals surface area contributed by atoms with Crippen LogP contribution in [0.2, 0.25) is 0 Å². The van der Waals surface area contributed by atoms with Crippen molar-refractivity contribution in [3.05, 3.63) is 33.9 Å². The molecule has 1 aliphatic heterocycles. The number of hydrogen-bond acceptors (Lipinski definition) is 7. The molecule has 1 N–H and O–H groups in total. The lowest BCUT2D eigenvalue weighted by Gasteiger charge is -2.34. The molecule has 0 saturated carbocycles. The van der Waals surface area contributed by atoms with Crippen molar-refractivity contribution in [2.45, 2.75) is 20.3 Å². The van der Waals surface area contributed by atoms with E-state index in [1.165, 1.54) is 19.2 Å². The second-order valence-corrected chi connectivity index (χ2v) is 7.23. The second-order valence-electron chi connectivity index (χ2n) is 7.23. The molecular weight excluding hydrogens is 382 g/mol. The topological polar surface area (TPSA) is 128 Å². The van der Waals surface area contributed by atoms with Gasteiger partial charge >= 0.3 is 11.7 Å². The first-order valence-corrected chi connectivity index (χ1v) is 9.25. The van der Waals surface area contributed by atoms with Crippen LogP contribution >= 0.6 is 0 Å². The predicted octanol–water partition coefficient (Wildman–Crippen LogP) is 1.38. The summed E-state index contributed by atoms with van der Waals surface area (Å²) in [6.07, 6.45) is 1.05. The summed E-state index contributed by atoms with van der Waals surface area (Å²) in [6, 6.07) is 3.70. The zero-order chi connectivity index (χ0) is 21.6. The van der Waals surface area contributed by atoms with Crippen molar-refractivity contribution < 1.29 is 28.8 Å². The molecule has 2 amide bonds. The van der Waals surface area contributed by atoms with Gasteiger partial charge < -0.3 is 19.7 Å². The normalized spacial score (nSPS) is 18.7. The lowest BCUT2D eigenvalue weighted by atomic mass is 9.92. The van der Waals surface area contributed by atoms with E-state index in [9.17, 15) is 24.5 Å². The van der Waals surface area contributed by atoms with Crippen LogP contribution in [0.25, 0.3) is 0 Å². The van der Waals surface area contributed by atoms with Crippen LogP contribution in [0.4, 0.5) is 5.69 Å². The molecule has 158 valence electrons. The van der Waals surface area contributed by atoms with Crippen molar-refractivity contribution >= 4 is 23.5 Å². The van der Waals surface area contributed by atoms with Gasteiger partial charge in [-0.25, -0.2) is 0 Å². The molecule has 0 bridgehead atoms. The van der Waals surface area contributed by atoms with Gasteiger partial charge in [0.1, 0.15) is 6.54 Å². The van der Waals surface area contributed by atoms with Gasteiger partial charge in [-0.3, -0.25) is 24.5 Å². The summed E-state index contributed by atoms with van der Waals surface area (Å²) >= 11 is 0. The molecule has 10 nitrogen and oxygen atoms in total. The molecule has 0 spiro atoms. The number of nitro benzene ring substituents is 1. The van der Waals surface area contributed by atoms with Gasteiger partial charge in [0.15, 0.2) is 12.4 Å². The Morgan fingerprint density at radius 2 is 1.90 bits per heavy atom. The average molecular weight is 407 g/mol. The molecule has 1 saturated heterocycles. The fraction of sp³-hybridized carbons (Fsp3) is 0.526. The van der Waals surface area contributed by atoms with Crippen LogP contribution in [0.5, 0.6) is 5.75 Å². The molecule has 0 aliphatic carbocycles. The van der Waals surface area contributed by atoms with Gasteiger partial charge in [0, 0.05) is 24.7 Å². The van der Waals surface area contributed by atoms with Crippen LogP contribution in [0.15, 0.2) is 18.2 Å². The largest absolute Gasteiger partial charge is 0.490 e. The van der Waals surface area contributed by atoms with Crippen LogP contribution in [0.3, 0.4) is 0 Å². The van der Waals surface area contributed by atoms with E-state index in [2.05, 4.69) is 19.2 Å². The Bertz CT molecular complexity index is 786. The summed E-state index contributed by atoms with van der Waals surface area (Å²) in [5, 5.41) is 13.3. The van der Waals surface area contributed by atoms with Gasteiger partial charge in [0.25, 0.3) is 11.8 Å². The van der Waals surface area contributed by atoms with Crippen molar-refractivity contribution in [3.8, 4) is 5.75 Å². The first-order valence-electron chi connectivity index (χ1n) is 9.25. The van der Waals surface area contributed by atoms with Crippen molar-refractivity contribution in [2.24, 2.45) is 11.8 Å². The number of esters is 1. The first kappa shape index (κ1) is 22.1. The maximum absolute atomic E-state index is 12.2. The highest BCUT2D eigenvalue weighted by molar-refractivity contribution is 5.97. The zero-order valence-corrected chi connectivity index (χ0v) is 16.7. The van der Waals surface area contributed by atoms with E-state index in [-0.39, 0.29) is 29.5 Å². The Balaban J connectivity index is 1.83. The third-order valence-corrected chi connectivity index (χ3v) is 4.61. The molecule has 29 heavy (non-hydrogen) atoms. The average Bonchev–Trinajstić information content (AvgIpc) is 2.68. The monoisotopic (exact) mass is 407 g/mol. The Morgan fingerprint density at radius 3 is 2.48 bits per heavy atom. The third-order valence-electron chi connectivity index (χ3n) is 4.61. The summed E-state index contributed by atoms with van der Waals surface area (Å²) in [7, 11) is 1.28. The Hall–Kier alpha value is -3.17. The van der Waals surface area contributed by atoms with Crippen molar-refractivity contribution in [2.75, 3.05) is 33.4 Å². The molecule has 1 aromatic carbocycles. The third kappa shape index (κ3) is 6.16. The second kappa shape index (κ2) is 9.85. The summed E-state index contributed by atoms with van der Waals surface area (Å²) in [6.45, 7) is 4.56. The van der Waals surface area contributed by atoms with Crippen molar-refractivity contribution in [1.82, 2.24) is 10.2 Å². The van der Waals surface area contributed by atoms with E-state index in [1.54, 1.807) is 4.90 Å². The smallest absolute Gasteiger partial charge is 0.325 e. The number of rotatable bonds is 7. The maximum atomic E-state index is 12.2. The van der Waals surface area contributed by atoms with E-state index in [1.807, 2.05) is 0 Å². The molecule has 10 heteroatoms. The van der Waals surface area contributed by atoms with Gasteiger partial charge in [-0.15, -0.1) is 0 Å². The van der Waals surface area contributed by atoms with Crippen LogP contribution in [-0.4, -0.2) is 61.0 Å². The number of hydrogen-bond donors (Lipinski definition) is 1. The molecule has 0 radical (unpaired) electrons. The summed E-state index contributed by atoms with van der Waals surface area (Å²) in [5.41, 5.74) is -0.365. The number of carbonyl (C=O) groups excluding carboxylic acids is 3. The number of benzene rings is 1. The Morgan fingerprint density at radius 1 is 1.24 bits per heavy atom. The zero-order valence-electron chi connectivity index (χ0n) is 16.7. The number of carbonyl (C=O) groups is 3. The summed E-state index contributed by atoms with van der Waals surface area (Å²) in [4.78, 5) is 48.2. The number of ether oxygens (including phenoxy) is 2. The van der Waals surface area contributed by atoms with Gasteiger partial charge in [-0.05, 0) is 30.4 Å². The molecule has 0 aromatic heterocycles. The van der Waals surface area contributed by atoms with Crippen molar-refractivity contribution in [1.29, 1.82) is 0 Å². The Kier molecular flexibility index (Phi) is 7.52. The molecule has 1 aliphatic rings. The fourth-order valence-corrected chi connectivity index (χ4v) is 3.38. The number of likely N-dealkylation sites (tertiary alicyclic amines) is 1. The van der Waals surface area contributed by atoms with Crippen LogP contribution < -0.4 is 10.1 Å². The molecule has 1 aromatic rings. The predicted molar refractivity (Wildman–Crippen MR) is 102 cm³/mol. The molecule has 1 fully saturated rings. The maximum Gasteiger partial charge on any atom is 0.325 e. The van der Waals surface area contributed by atoms with Crippen LogP contribution in [0, 0.1) is 22.0 Å². The van der Waals surface area contributed by atoms with Gasteiger partial charge in [0.05, 0.1) is 12.0 Å². The quantitative estimate of drug-likeness (QED) is 0.411. The number of nitrogens with zero attached hydrogens (tertiary/aromatic N) is 2. The van der Waals surface area contributed by atoms with E-state index in [0.717, 1.165) is 12.5 Å². The number of amides is 2. The highest BCUT2D eigenvalue weighted by Crippen LogP contribution is 2.27. The summed E-state index contributed by atoms with van der Waals surface area (Å²) in [5.74, 6) is -0.914. The number of piperidine rings is 1. The van der Waals surface area contributed by atoms with Gasteiger partial charge in [-0.1, -0.05) is 13.8 Å². The molecule has 2 rings (SSSR count). The number of nitro groups is 1. The molecular formula is C19H25N3O7. The minimum Gasteiger partial charge on any atom is -0.490 e. The number of methoxy groups -OCH3 is 1. The lowest BCUT2D eigenvalue weighted by Crippen LogP contribution is -2.44. The number of nitrogens with one attached hydrogen (secondary N) is 1. The van der Waals surface area contributed by atoms with E-state index in [4.69, 9.17) is 9.47 Å². The molecule has 1 heterocycles. The minimum absolute atomic E-state index is 0.00216. The minimum atomic E-state index is -0.771. The highest BCUT2D eigenvalue weighted by Gasteiger charge is 2.26. The standard InChI is InChI=1S/C19H25N3O7/c1-12-6-13(2)10-21(9-12)17(23)11-29-18(24)8-20-19(25)14-4-5-16(28-3)15(7-14)22(26)27/h4-5,7,12-13H,6,8-11H2,1-3H3,(H,20,25)/t12-,13-/m1/s1. The van der Waals surface area contributed by atoms with Gasteiger partial charge in [-0.2, -0.15) is 0 Å². The van der Waals surface area contributed by atoms with Gasteiger partial charge in [0.2, 0.25) is 0 Å². The first-order chi connectivity index (χ1) is 13.7. The Labute approximate surface area is 168 Å². The van der Waals surface area contributed by atoms with Crippen molar-refractivity contribution in [3.63, 3.8) is 0 Å². The highest BCUT2D eigenvalue weighted by atomic mass is 16.6. The summed E-state index contributed by atoms with van der Waals surface area (Å²) < 4.78 is 9.81. The van der Waals surface area contributed by atoms with E-state index < -0.39 is 23.3 Å². The van der Waals surface area contributed by atoms with E-state index in [0.29, 0.717) is 24.9 Å². The van der Waals surface area contributed by atoms with E-state index >= 15 is 0 Å². The van der Waals surface area contributed by atoms with Crippen LogP contribution in [0.1, 0.15) is 30.6 Å². The SMILES string of the molecule is COc1ccc(C(=O)NCC(=O)OCC(=O)N2C[C@H](C)C[C@@H](C)C2)cc1[N+](=O)[O-].